The van der Waals surface area contributed by atoms with E-state index in [4.69, 9.17) is 18.6 Å². The van der Waals surface area contributed by atoms with Gasteiger partial charge in [0.25, 0.3) is 0 Å². The van der Waals surface area contributed by atoms with Gasteiger partial charge in [0.15, 0.2) is 12.4 Å². The van der Waals surface area contributed by atoms with Crippen LogP contribution >= 0.6 is 0 Å². The number of hydrogen-bond donors (Lipinski definition) is 0. The predicted molar refractivity (Wildman–Crippen MR) is 118 cm³/mol. The summed E-state index contributed by atoms with van der Waals surface area (Å²) in [5, 5.41) is 0.624. The summed E-state index contributed by atoms with van der Waals surface area (Å²) in [7, 11) is 2.98. The van der Waals surface area contributed by atoms with Crippen LogP contribution in [-0.4, -0.2) is 37.6 Å². The fourth-order valence-corrected chi connectivity index (χ4v) is 3.36. The zero-order valence-electron chi connectivity index (χ0n) is 17.9. The molecular weight excluding hydrogens is 410 g/mol. The van der Waals surface area contributed by atoms with Crippen LogP contribution in [0.3, 0.4) is 0 Å². The van der Waals surface area contributed by atoms with E-state index in [1.807, 2.05) is 25.1 Å². The molecule has 0 saturated heterocycles. The highest BCUT2D eigenvalue weighted by atomic mass is 16.5. The van der Waals surface area contributed by atoms with Crippen molar-refractivity contribution in [3.8, 4) is 23.0 Å². The lowest BCUT2D eigenvalue weighted by molar-refractivity contribution is 0.0476. The number of ether oxygens (including phenoxy) is 3. The van der Waals surface area contributed by atoms with Gasteiger partial charge in [-0.05, 0) is 43.3 Å². The maximum absolute atomic E-state index is 13.0. The van der Waals surface area contributed by atoms with Crippen LogP contribution < -0.4 is 9.47 Å². The lowest BCUT2D eigenvalue weighted by atomic mass is 10.1. The number of hydrogen-bond acceptors (Lipinski definition) is 7. The lowest BCUT2D eigenvalue weighted by Gasteiger charge is -2.11. The van der Waals surface area contributed by atoms with Gasteiger partial charge in [0.1, 0.15) is 23.0 Å². The van der Waals surface area contributed by atoms with E-state index in [0.29, 0.717) is 45.0 Å². The number of carbonyl (C=O) groups excluding carboxylic acids is 2. The highest BCUT2D eigenvalue weighted by molar-refractivity contribution is 6.06. The molecule has 2 aromatic heterocycles. The molecule has 4 aromatic rings. The summed E-state index contributed by atoms with van der Waals surface area (Å²) >= 11 is 0. The van der Waals surface area contributed by atoms with Crippen LogP contribution in [0, 0.1) is 6.92 Å². The highest BCUT2D eigenvalue weighted by Crippen LogP contribution is 2.28. The molecule has 2 aromatic carbocycles. The first kappa shape index (κ1) is 21.1. The number of ketones is 1. The number of fused-ring (bicyclic) bond motifs is 1. The second-order valence-electron chi connectivity index (χ2n) is 7.05. The van der Waals surface area contributed by atoms with E-state index in [-0.39, 0.29) is 0 Å². The van der Waals surface area contributed by atoms with E-state index < -0.39 is 18.4 Å². The predicted octanol–water partition coefficient (Wildman–Crippen LogP) is 4.86. The van der Waals surface area contributed by atoms with Crippen molar-refractivity contribution in [2.24, 2.45) is 0 Å². The van der Waals surface area contributed by atoms with Gasteiger partial charge in [-0.2, -0.15) is 0 Å². The molecular formula is C25H21NO6. The monoisotopic (exact) mass is 431 g/mol. The summed E-state index contributed by atoms with van der Waals surface area (Å²) in [5.74, 6) is 1.15. The minimum Gasteiger partial charge on any atom is -0.497 e. The molecule has 0 radical (unpaired) electrons. The van der Waals surface area contributed by atoms with Crippen LogP contribution in [0.25, 0.3) is 22.4 Å². The first-order valence-corrected chi connectivity index (χ1v) is 9.89. The molecule has 0 atom stereocenters. The van der Waals surface area contributed by atoms with E-state index in [0.717, 1.165) is 5.76 Å². The quantitative estimate of drug-likeness (QED) is 0.305. The van der Waals surface area contributed by atoms with Gasteiger partial charge >= 0.3 is 5.97 Å². The van der Waals surface area contributed by atoms with E-state index >= 15 is 0 Å². The van der Waals surface area contributed by atoms with Crippen molar-refractivity contribution >= 4 is 22.7 Å². The standard InChI is InChI=1S/C25H21NO6/c1-15-8-11-23(32-15)21-13-19(17-6-4-5-7-20(17)26-21)25(28)31-14-22(27)18-10-9-16(29-2)12-24(18)30-3/h4-13H,14H2,1-3H3. The van der Waals surface area contributed by atoms with Crippen LogP contribution in [0.5, 0.6) is 11.5 Å². The highest BCUT2D eigenvalue weighted by Gasteiger charge is 2.20. The average Bonchev–Trinajstić information content (AvgIpc) is 3.27. The Balaban J connectivity index is 1.61. The van der Waals surface area contributed by atoms with Gasteiger partial charge in [0.05, 0.1) is 30.9 Å². The molecule has 0 amide bonds. The molecule has 162 valence electrons. The fraction of sp³-hybridized carbons (Fsp3) is 0.160. The van der Waals surface area contributed by atoms with Gasteiger partial charge in [-0.15, -0.1) is 0 Å². The second-order valence-corrected chi connectivity index (χ2v) is 7.05. The third kappa shape index (κ3) is 4.18. The molecule has 0 spiro atoms. The Morgan fingerprint density at radius 3 is 2.47 bits per heavy atom. The third-order valence-electron chi connectivity index (χ3n) is 4.97. The summed E-state index contributed by atoms with van der Waals surface area (Å²) in [4.78, 5) is 30.2. The molecule has 0 aliphatic heterocycles. The number of nitrogens with zero attached hydrogens (tertiary/aromatic N) is 1. The number of esters is 1. The Hall–Kier alpha value is -4.13. The Labute approximate surface area is 184 Å². The molecule has 0 saturated carbocycles. The van der Waals surface area contributed by atoms with Crippen LogP contribution in [0.15, 0.2) is 65.1 Å². The molecule has 2 heterocycles. The number of Topliss-reactive ketones (excluding diaryl/α,β-unsaturated/α-hetero) is 1. The van der Waals surface area contributed by atoms with Gasteiger partial charge in [0.2, 0.25) is 5.78 Å². The van der Waals surface area contributed by atoms with Gasteiger partial charge in [0, 0.05) is 11.5 Å². The number of carbonyl (C=O) groups is 2. The number of methoxy groups -OCH3 is 2. The van der Waals surface area contributed by atoms with E-state index in [9.17, 15) is 9.59 Å². The topological polar surface area (TPSA) is 87.9 Å². The number of aromatic nitrogens is 1. The SMILES string of the molecule is COc1ccc(C(=O)COC(=O)c2cc(-c3ccc(C)o3)nc3ccccc23)c(OC)c1. The Morgan fingerprint density at radius 1 is 0.938 bits per heavy atom. The summed E-state index contributed by atoms with van der Waals surface area (Å²) < 4.78 is 21.4. The van der Waals surface area contributed by atoms with Crippen molar-refractivity contribution in [2.45, 2.75) is 6.92 Å². The van der Waals surface area contributed by atoms with E-state index in [1.54, 1.807) is 42.5 Å². The molecule has 7 nitrogen and oxygen atoms in total. The molecule has 4 rings (SSSR count). The molecule has 0 aliphatic rings. The normalized spacial score (nSPS) is 10.7. The van der Waals surface area contributed by atoms with Crippen molar-refractivity contribution in [3.63, 3.8) is 0 Å². The largest absolute Gasteiger partial charge is 0.497 e. The number of para-hydroxylation sites is 1. The van der Waals surface area contributed by atoms with Crippen molar-refractivity contribution in [1.29, 1.82) is 0 Å². The first-order valence-electron chi connectivity index (χ1n) is 9.89. The molecule has 32 heavy (non-hydrogen) atoms. The molecule has 0 aliphatic carbocycles. The molecule has 0 fully saturated rings. The number of rotatable bonds is 7. The fourth-order valence-electron chi connectivity index (χ4n) is 3.36. The van der Waals surface area contributed by atoms with Crippen LogP contribution in [0.4, 0.5) is 0 Å². The van der Waals surface area contributed by atoms with E-state index in [1.165, 1.54) is 14.2 Å². The van der Waals surface area contributed by atoms with Gasteiger partial charge in [-0.1, -0.05) is 18.2 Å². The minimum absolute atomic E-state index is 0.299. The maximum atomic E-state index is 13.0. The summed E-state index contributed by atoms with van der Waals surface area (Å²) in [6, 6.07) is 17.3. The Kier molecular flexibility index (Phi) is 5.89. The molecule has 7 heteroatoms. The average molecular weight is 431 g/mol. The number of furan rings is 1. The summed E-state index contributed by atoms with van der Waals surface area (Å²) in [6.07, 6.45) is 0. The molecule has 0 bridgehead atoms. The number of benzene rings is 2. The Morgan fingerprint density at radius 2 is 1.75 bits per heavy atom. The van der Waals surface area contributed by atoms with Crippen LogP contribution in [-0.2, 0) is 4.74 Å². The third-order valence-corrected chi connectivity index (χ3v) is 4.97. The number of aryl methyl sites for hydroxylation is 1. The maximum Gasteiger partial charge on any atom is 0.339 e. The van der Waals surface area contributed by atoms with Gasteiger partial charge in [-0.25, -0.2) is 9.78 Å². The zero-order chi connectivity index (χ0) is 22.7. The van der Waals surface area contributed by atoms with Crippen molar-refractivity contribution in [3.05, 3.63) is 77.6 Å². The minimum atomic E-state index is -0.631. The van der Waals surface area contributed by atoms with E-state index in [2.05, 4.69) is 4.98 Å². The lowest BCUT2D eigenvalue weighted by Crippen LogP contribution is -2.15. The first-order chi connectivity index (χ1) is 15.5. The van der Waals surface area contributed by atoms with Crippen LogP contribution in [0.1, 0.15) is 26.5 Å². The van der Waals surface area contributed by atoms with Crippen LogP contribution in [0.2, 0.25) is 0 Å². The van der Waals surface area contributed by atoms with Crippen molar-refractivity contribution < 1.29 is 28.2 Å². The zero-order valence-corrected chi connectivity index (χ0v) is 17.9. The van der Waals surface area contributed by atoms with Crippen molar-refractivity contribution in [2.75, 3.05) is 20.8 Å². The van der Waals surface area contributed by atoms with Crippen molar-refractivity contribution in [1.82, 2.24) is 4.98 Å². The second kappa shape index (κ2) is 8.93. The number of pyridine rings is 1. The Bertz CT molecular complexity index is 1310. The smallest absolute Gasteiger partial charge is 0.339 e. The van der Waals surface area contributed by atoms with Gasteiger partial charge < -0.3 is 18.6 Å². The molecule has 0 N–H and O–H groups in total. The molecule has 0 unspecified atom stereocenters. The summed E-state index contributed by atoms with van der Waals surface area (Å²) in [5.41, 5.74) is 1.72. The van der Waals surface area contributed by atoms with Gasteiger partial charge in [-0.3, -0.25) is 4.79 Å². The summed E-state index contributed by atoms with van der Waals surface area (Å²) in [6.45, 7) is 1.39.